The van der Waals surface area contributed by atoms with Crippen LogP contribution < -0.4 is 11.1 Å². The van der Waals surface area contributed by atoms with Gasteiger partial charge in [0, 0.05) is 11.4 Å². The number of halogens is 2. The number of aromatic nitrogens is 2. The van der Waals surface area contributed by atoms with E-state index in [1.54, 1.807) is 0 Å². The molecule has 8 heteroatoms. The van der Waals surface area contributed by atoms with Gasteiger partial charge in [0.05, 0.1) is 6.04 Å². The summed E-state index contributed by atoms with van der Waals surface area (Å²) in [4.78, 5) is 11.9. The molecule has 0 bridgehead atoms. The Kier molecular flexibility index (Phi) is 7.91. The molecule has 0 saturated carbocycles. The van der Waals surface area contributed by atoms with Crippen LogP contribution in [0.5, 0.6) is 0 Å². The molecule has 2 aromatic rings. The Morgan fingerprint density at radius 1 is 1.39 bits per heavy atom. The first-order chi connectivity index (χ1) is 10.4. The van der Waals surface area contributed by atoms with Gasteiger partial charge in [-0.25, -0.2) is 0 Å². The molecule has 5 nitrogen and oxygen atoms in total. The summed E-state index contributed by atoms with van der Waals surface area (Å²) >= 11 is 7.30. The number of benzene rings is 1. The zero-order valence-electron chi connectivity index (χ0n) is 13.0. The lowest BCUT2D eigenvalue weighted by atomic mass is 10.0. The average molecular weight is 375 g/mol. The first-order valence-electron chi connectivity index (χ1n) is 7.07. The third-order valence-electron chi connectivity index (χ3n) is 3.00. The second-order valence-electron chi connectivity index (χ2n) is 5.53. The predicted octanol–water partition coefficient (Wildman–Crippen LogP) is 3.52. The van der Waals surface area contributed by atoms with Crippen molar-refractivity contribution in [2.24, 2.45) is 11.7 Å². The molecule has 3 N–H and O–H groups in total. The monoisotopic (exact) mass is 374 g/mol. The van der Waals surface area contributed by atoms with Crippen molar-refractivity contribution < 1.29 is 4.79 Å². The van der Waals surface area contributed by atoms with Crippen LogP contribution >= 0.6 is 35.3 Å². The Bertz CT molecular complexity index is 648. The highest BCUT2D eigenvalue weighted by Gasteiger charge is 2.17. The van der Waals surface area contributed by atoms with Gasteiger partial charge >= 0.3 is 0 Å². The van der Waals surface area contributed by atoms with E-state index in [0.29, 0.717) is 28.9 Å². The number of carbonyl (C=O) groups excluding carboxylic acids is 1. The summed E-state index contributed by atoms with van der Waals surface area (Å²) in [5.74, 6) is 0.146. The van der Waals surface area contributed by atoms with Crippen LogP contribution in [0.1, 0.15) is 30.8 Å². The van der Waals surface area contributed by atoms with E-state index in [1.807, 2.05) is 38.1 Å². The molecule has 23 heavy (non-hydrogen) atoms. The third-order valence-corrected chi connectivity index (χ3v) is 4.08. The quantitative estimate of drug-likeness (QED) is 0.810. The molecule has 0 radical (unpaired) electrons. The van der Waals surface area contributed by atoms with Crippen molar-refractivity contribution in [2.75, 3.05) is 5.32 Å². The number of amides is 1. The summed E-state index contributed by atoms with van der Waals surface area (Å²) in [6.45, 7) is 4.06. The SMILES string of the molecule is CC(C)C[C@H](N)C(=O)Nc1nnc(Cc2cccc(Cl)c2)s1.Cl. The molecular weight excluding hydrogens is 355 g/mol. The summed E-state index contributed by atoms with van der Waals surface area (Å²) in [5.41, 5.74) is 6.90. The Labute approximate surface area is 151 Å². The van der Waals surface area contributed by atoms with Crippen LogP contribution in [0.2, 0.25) is 5.02 Å². The van der Waals surface area contributed by atoms with E-state index in [4.69, 9.17) is 17.3 Å². The first-order valence-corrected chi connectivity index (χ1v) is 8.26. The van der Waals surface area contributed by atoms with Crippen LogP contribution in [0.4, 0.5) is 5.13 Å². The van der Waals surface area contributed by atoms with Crippen molar-refractivity contribution >= 4 is 46.4 Å². The van der Waals surface area contributed by atoms with E-state index in [1.165, 1.54) is 11.3 Å². The van der Waals surface area contributed by atoms with Gasteiger partial charge in [-0.1, -0.05) is 48.9 Å². The van der Waals surface area contributed by atoms with E-state index in [2.05, 4.69) is 15.5 Å². The fraction of sp³-hybridized carbons (Fsp3) is 0.400. The molecule has 0 spiro atoms. The van der Waals surface area contributed by atoms with E-state index in [0.717, 1.165) is 10.6 Å². The van der Waals surface area contributed by atoms with Crippen molar-refractivity contribution in [1.82, 2.24) is 10.2 Å². The second-order valence-corrected chi connectivity index (χ2v) is 7.03. The number of nitrogens with one attached hydrogen (secondary N) is 1. The summed E-state index contributed by atoms with van der Waals surface area (Å²) in [6, 6.07) is 7.06. The molecule has 1 amide bonds. The molecule has 1 atom stereocenters. The summed E-state index contributed by atoms with van der Waals surface area (Å²) in [6.07, 6.45) is 1.27. The molecule has 0 aliphatic carbocycles. The third kappa shape index (κ3) is 6.43. The lowest BCUT2D eigenvalue weighted by Gasteiger charge is -2.12. The summed E-state index contributed by atoms with van der Waals surface area (Å²) in [7, 11) is 0. The number of hydrogen-bond acceptors (Lipinski definition) is 5. The van der Waals surface area contributed by atoms with Crippen molar-refractivity contribution in [2.45, 2.75) is 32.7 Å². The lowest BCUT2D eigenvalue weighted by Crippen LogP contribution is -2.36. The van der Waals surface area contributed by atoms with Gasteiger partial charge in [0.1, 0.15) is 5.01 Å². The van der Waals surface area contributed by atoms with Crippen molar-refractivity contribution in [3.05, 3.63) is 39.9 Å². The van der Waals surface area contributed by atoms with E-state index in [-0.39, 0.29) is 18.3 Å². The van der Waals surface area contributed by atoms with Crippen molar-refractivity contribution in [3.63, 3.8) is 0 Å². The molecule has 1 aromatic heterocycles. The van der Waals surface area contributed by atoms with Crippen LogP contribution in [0.3, 0.4) is 0 Å². The topological polar surface area (TPSA) is 80.9 Å². The number of carbonyl (C=O) groups is 1. The highest BCUT2D eigenvalue weighted by molar-refractivity contribution is 7.15. The summed E-state index contributed by atoms with van der Waals surface area (Å²) < 4.78 is 0. The fourth-order valence-electron chi connectivity index (χ4n) is 2.01. The van der Waals surface area contributed by atoms with Gasteiger partial charge in [-0.3, -0.25) is 10.1 Å². The minimum Gasteiger partial charge on any atom is -0.320 e. The van der Waals surface area contributed by atoms with Gasteiger partial charge in [0.2, 0.25) is 11.0 Å². The van der Waals surface area contributed by atoms with E-state index in [9.17, 15) is 4.79 Å². The molecule has 0 aliphatic heterocycles. The fourth-order valence-corrected chi connectivity index (χ4v) is 3.00. The van der Waals surface area contributed by atoms with Crippen LogP contribution in [-0.2, 0) is 11.2 Å². The molecule has 0 unspecified atom stereocenters. The maximum Gasteiger partial charge on any atom is 0.243 e. The maximum atomic E-state index is 11.9. The minimum atomic E-state index is -0.528. The maximum absolute atomic E-state index is 11.9. The molecule has 126 valence electrons. The smallest absolute Gasteiger partial charge is 0.243 e. The van der Waals surface area contributed by atoms with Gasteiger partial charge < -0.3 is 5.73 Å². The normalized spacial score (nSPS) is 11.9. The number of anilines is 1. The van der Waals surface area contributed by atoms with Crippen LogP contribution in [0.15, 0.2) is 24.3 Å². The van der Waals surface area contributed by atoms with Gasteiger partial charge in [-0.05, 0) is 30.0 Å². The Balaban J connectivity index is 0.00000264. The highest BCUT2D eigenvalue weighted by Crippen LogP contribution is 2.20. The number of nitrogens with two attached hydrogens (primary N) is 1. The minimum absolute atomic E-state index is 0. The molecule has 1 heterocycles. The van der Waals surface area contributed by atoms with Gasteiger partial charge in [-0.15, -0.1) is 22.6 Å². The zero-order chi connectivity index (χ0) is 16.1. The van der Waals surface area contributed by atoms with Crippen LogP contribution in [-0.4, -0.2) is 22.1 Å². The predicted molar refractivity (Wildman–Crippen MR) is 97.5 cm³/mol. The van der Waals surface area contributed by atoms with Crippen LogP contribution in [0.25, 0.3) is 0 Å². The summed E-state index contributed by atoms with van der Waals surface area (Å²) in [5, 5.41) is 12.8. The molecule has 0 aliphatic rings. The average Bonchev–Trinajstić information content (AvgIpc) is 2.85. The zero-order valence-corrected chi connectivity index (χ0v) is 15.3. The first kappa shape index (κ1) is 19.8. The highest BCUT2D eigenvalue weighted by atomic mass is 35.5. The largest absolute Gasteiger partial charge is 0.320 e. The van der Waals surface area contributed by atoms with Crippen LogP contribution in [0, 0.1) is 5.92 Å². The molecule has 0 saturated heterocycles. The van der Waals surface area contributed by atoms with Gasteiger partial charge in [0.25, 0.3) is 0 Å². The van der Waals surface area contributed by atoms with Gasteiger partial charge in [-0.2, -0.15) is 0 Å². The standard InChI is InChI=1S/C15H19ClN4OS.ClH/c1-9(2)6-12(17)14(21)18-15-20-19-13(22-15)8-10-4-3-5-11(16)7-10;/h3-5,7,9,12H,6,8,17H2,1-2H3,(H,18,20,21);1H/t12-;/m0./s1. The molecule has 2 rings (SSSR count). The van der Waals surface area contributed by atoms with E-state index >= 15 is 0 Å². The van der Waals surface area contributed by atoms with Crippen molar-refractivity contribution in [1.29, 1.82) is 0 Å². The number of hydrogen-bond donors (Lipinski definition) is 2. The number of nitrogens with zero attached hydrogens (tertiary/aromatic N) is 2. The Morgan fingerprint density at radius 3 is 2.78 bits per heavy atom. The van der Waals surface area contributed by atoms with Crippen molar-refractivity contribution in [3.8, 4) is 0 Å². The molecule has 0 fully saturated rings. The lowest BCUT2D eigenvalue weighted by molar-refractivity contribution is -0.117. The van der Waals surface area contributed by atoms with Gasteiger partial charge in [0.15, 0.2) is 0 Å². The van der Waals surface area contributed by atoms with E-state index < -0.39 is 6.04 Å². The Hall–Kier alpha value is -1.21. The second kappa shape index (κ2) is 9.17. The molecular formula is C15H20Cl2N4OS. The number of rotatable bonds is 6. The Morgan fingerprint density at radius 2 is 2.13 bits per heavy atom. The molecule has 1 aromatic carbocycles.